The summed E-state index contributed by atoms with van der Waals surface area (Å²) in [6.07, 6.45) is 1.44. The summed E-state index contributed by atoms with van der Waals surface area (Å²) in [5.41, 5.74) is 2.42. The first kappa shape index (κ1) is 18.6. The Balaban J connectivity index is 2.21. The van der Waals surface area contributed by atoms with Gasteiger partial charge in [-0.1, -0.05) is 0 Å². The summed E-state index contributed by atoms with van der Waals surface area (Å²) < 4.78 is 10.6. The second-order valence-corrected chi connectivity index (χ2v) is 4.93. The standard InChI is InChI=1S/C16H16N4O6/c1-3-26-16-8-11(4-7-15(16)25-2)10-17-18-13-6-5-12(19(21)22)9-14(13)20(23)24/h4-10,18H,3H2,1-2H3/b17-10-. The van der Waals surface area contributed by atoms with Crippen molar-refractivity contribution in [3.8, 4) is 11.5 Å². The van der Waals surface area contributed by atoms with Crippen LogP contribution in [0, 0.1) is 20.2 Å². The number of methoxy groups -OCH3 is 1. The van der Waals surface area contributed by atoms with Crippen LogP contribution in [0.5, 0.6) is 11.5 Å². The van der Waals surface area contributed by atoms with Crippen molar-refractivity contribution in [2.45, 2.75) is 6.92 Å². The molecule has 0 amide bonds. The van der Waals surface area contributed by atoms with Crippen LogP contribution in [0.1, 0.15) is 12.5 Å². The molecular formula is C16H16N4O6. The molecule has 10 nitrogen and oxygen atoms in total. The molecule has 0 aliphatic heterocycles. The van der Waals surface area contributed by atoms with E-state index in [0.29, 0.717) is 23.7 Å². The number of hydrogen-bond donors (Lipinski definition) is 1. The van der Waals surface area contributed by atoms with E-state index in [4.69, 9.17) is 9.47 Å². The third-order valence-electron chi connectivity index (χ3n) is 3.27. The van der Waals surface area contributed by atoms with Gasteiger partial charge in [-0.2, -0.15) is 5.10 Å². The molecule has 2 aromatic rings. The molecule has 2 rings (SSSR count). The fraction of sp³-hybridized carbons (Fsp3) is 0.188. The Hall–Kier alpha value is -3.69. The van der Waals surface area contributed by atoms with Gasteiger partial charge < -0.3 is 9.47 Å². The molecule has 0 saturated carbocycles. The van der Waals surface area contributed by atoms with Gasteiger partial charge in [-0.05, 0) is 36.8 Å². The zero-order valence-electron chi connectivity index (χ0n) is 14.0. The Morgan fingerprint density at radius 3 is 2.50 bits per heavy atom. The zero-order chi connectivity index (χ0) is 19.1. The Labute approximate surface area is 148 Å². The predicted octanol–water partition coefficient (Wildman–Crippen LogP) is 3.36. The minimum absolute atomic E-state index is 0.0374. The lowest BCUT2D eigenvalue weighted by atomic mass is 10.2. The number of hydrogen-bond acceptors (Lipinski definition) is 8. The number of ether oxygens (including phenoxy) is 2. The average molecular weight is 360 g/mol. The number of non-ortho nitro benzene ring substituents is 1. The van der Waals surface area contributed by atoms with Crippen molar-refractivity contribution < 1.29 is 19.3 Å². The minimum atomic E-state index is -0.717. The molecule has 0 heterocycles. The summed E-state index contributed by atoms with van der Waals surface area (Å²) in [7, 11) is 1.53. The smallest absolute Gasteiger partial charge is 0.301 e. The molecule has 0 atom stereocenters. The van der Waals surface area contributed by atoms with Gasteiger partial charge in [-0.3, -0.25) is 25.7 Å². The Morgan fingerprint density at radius 2 is 1.88 bits per heavy atom. The Bertz CT molecular complexity index is 853. The van der Waals surface area contributed by atoms with Crippen LogP contribution < -0.4 is 14.9 Å². The number of nitrogens with zero attached hydrogens (tertiary/aromatic N) is 3. The Kier molecular flexibility index (Phi) is 6.04. The lowest BCUT2D eigenvalue weighted by molar-refractivity contribution is -0.393. The lowest BCUT2D eigenvalue weighted by Crippen LogP contribution is -1.99. The van der Waals surface area contributed by atoms with E-state index in [1.54, 1.807) is 18.2 Å². The zero-order valence-corrected chi connectivity index (χ0v) is 14.0. The number of nitro benzene ring substituents is 2. The summed E-state index contributed by atoms with van der Waals surface area (Å²) in [5, 5.41) is 25.8. The van der Waals surface area contributed by atoms with Crippen molar-refractivity contribution in [3.05, 3.63) is 62.2 Å². The minimum Gasteiger partial charge on any atom is -0.493 e. The van der Waals surface area contributed by atoms with Crippen LogP contribution in [-0.2, 0) is 0 Å². The summed E-state index contributed by atoms with van der Waals surface area (Å²) in [5.74, 6) is 1.11. The molecule has 1 N–H and O–H groups in total. The summed E-state index contributed by atoms with van der Waals surface area (Å²) >= 11 is 0. The van der Waals surface area contributed by atoms with E-state index in [9.17, 15) is 20.2 Å². The van der Waals surface area contributed by atoms with Gasteiger partial charge in [-0.15, -0.1) is 0 Å². The number of nitrogens with one attached hydrogen (secondary N) is 1. The van der Waals surface area contributed by atoms with Crippen LogP contribution in [0.15, 0.2) is 41.5 Å². The SMILES string of the molecule is CCOc1cc(/C=N\Nc2ccc([N+](=O)[O-])cc2[N+](=O)[O-])ccc1OC. The molecular weight excluding hydrogens is 344 g/mol. The Morgan fingerprint density at radius 1 is 1.12 bits per heavy atom. The van der Waals surface area contributed by atoms with Crippen molar-refractivity contribution in [1.29, 1.82) is 0 Å². The molecule has 10 heteroatoms. The lowest BCUT2D eigenvalue weighted by Gasteiger charge is -2.09. The predicted molar refractivity (Wildman–Crippen MR) is 95.1 cm³/mol. The van der Waals surface area contributed by atoms with Gasteiger partial charge >= 0.3 is 5.69 Å². The van der Waals surface area contributed by atoms with E-state index in [1.807, 2.05) is 6.92 Å². The number of anilines is 1. The van der Waals surface area contributed by atoms with E-state index in [-0.39, 0.29) is 11.4 Å². The van der Waals surface area contributed by atoms with Gasteiger partial charge in [0.25, 0.3) is 5.69 Å². The second kappa shape index (κ2) is 8.42. The first-order chi connectivity index (χ1) is 12.5. The average Bonchev–Trinajstić information content (AvgIpc) is 2.62. The first-order valence-corrected chi connectivity index (χ1v) is 7.49. The number of nitro groups is 2. The van der Waals surface area contributed by atoms with Crippen molar-refractivity contribution in [3.63, 3.8) is 0 Å². The van der Waals surface area contributed by atoms with Crippen molar-refractivity contribution in [2.75, 3.05) is 19.1 Å². The van der Waals surface area contributed by atoms with Gasteiger partial charge in [-0.25, -0.2) is 0 Å². The van der Waals surface area contributed by atoms with Crippen LogP contribution in [-0.4, -0.2) is 29.8 Å². The fourth-order valence-corrected chi connectivity index (χ4v) is 2.10. The van der Waals surface area contributed by atoms with E-state index in [0.717, 1.165) is 12.1 Å². The normalized spacial score (nSPS) is 10.5. The second-order valence-electron chi connectivity index (χ2n) is 4.93. The molecule has 136 valence electrons. The van der Waals surface area contributed by atoms with Gasteiger partial charge in [0, 0.05) is 6.07 Å². The van der Waals surface area contributed by atoms with Crippen LogP contribution in [0.4, 0.5) is 17.1 Å². The van der Waals surface area contributed by atoms with Gasteiger partial charge in [0.15, 0.2) is 11.5 Å². The van der Waals surface area contributed by atoms with Gasteiger partial charge in [0.1, 0.15) is 5.69 Å². The molecule has 26 heavy (non-hydrogen) atoms. The summed E-state index contributed by atoms with van der Waals surface area (Å²) in [6, 6.07) is 8.41. The van der Waals surface area contributed by atoms with Crippen LogP contribution in [0.2, 0.25) is 0 Å². The fourth-order valence-electron chi connectivity index (χ4n) is 2.10. The highest BCUT2D eigenvalue weighted by Gasteiger charge is 2.19. The number of rotatable bonds is 8. The van der Waals surface area contributed by atoms with Crippen LogP contribution in [0.3, 0.4) is 0 Å². The number of hydrazone groups is 1. The topological polar surface area (TPSA) is 129 Å². The maximum absolute atomic E-state index is 11.1. The van der Waals surface area contributed by atoms with E-state index >= 15 is 0 Å². The van der Waals surface area contributed by atoms with Crippen molar-refractivity contribution in [2.24, 2.45) is 5.10 Å². The molecule has 0 aliphatic rings. The molecule has 0 unspecified atom stereocenters. The van der Waals surface area contributed by atoms with E-state index in [2.05, 4.69) is 10.5 Å². The number of benzene rings is 2. The van der Waals surface area contributed by atoms with Gasteiger partial charge in [0.2, 0.25) is 0 Å². The molecule has 0 aliphatic carbocycles. The molecule has 0 spiro atoms. The third kappa shape index (κ3) is 4.44. The first-order valence-electron chi connectivity index (χ1n) is 7.49. The molecule has 0 radical (unpaired) electrons. The van der Waals surface area contributed by atoms with E-state index < -0.39 is 15.5 Å². The third-order valence-corrected chi connectivity index (χ3v) is 3.27. The molecule has 0 aromatic heterocycles. The van der Waals surface area contributed by atoms with E-state index in [1.165, 1.54) is 19.4 Å². The molecule has 0 bridgehead atoms. The monoisotopic (exact) mass is 360 g/mol. The highest BCUT2D eigenvalue weighted by molar-refractivity contribution is 5.82. The van der Waals surface area contributed by atoms with Crippen molar-refractivity contribution in [1.82, 2.24) is 0 Å². The van der Waals surface area contributed by atoms with Gasteiger partial charge in [0.05, 0.1) is 35.8 Å². The highest BCUT2D eigenvalue weighted by atomic mass is 16.6. The largest absolute Gasteiger partial charge is 0.493 e. The molecule has 2 aromatic carbocycles. The van der Waals surface area contributed by atoms with Crippen LogP contribution >= 0.6 is 0 Å². The summed E-state index contributed by atoms with van der Waals surface area (Å²) in [4.78, 5) is 20.4. The summed E-state index contributed by atoms with van der Waals surface area (Å²) in [6.45, 7) is 2.31. The molecule has 0 saturated heterocycles. The van der Waals surface area contributed by atoms with Crippen LogP contribution in [0.25, 0.3) is 0 Å². The molecule has 0 fully saturated rings. The highest BCUT2D eigenvalue weighted by Crippen LogP contribution is 2.29. The maximum Gasteiger partial charge on any atom is 0.301 e. The van der Waals surface area contributed by atoms with Crippen molar-refractivity contribution >= 4 is 23.3 Å². The maximum atomic E-state index is 11.1. The quantitative estimate of drug-likeness (QED) is 0.434.